The number of amides is 1. The van der Waals surface area contributed by atoms with Gasteiger partial charge in [0.1, 0.15) is 12.4 Å². The number of hydrogen-bond donors (Lipinski definition) is 1. The fraction of sp³-hybridized carbons (Fsp3) is 0.278. The van der Waals surface area contributed by atoms with E-state index in [1.807, 2.05) is 56.3 Å². The van der Waals surface area contributed by atoms with Gasteiger partial charge in [0.05, 0.1) is 11.8 Å². The molecular formula is C18H20ClNO2S. The lowest BCUT2D eigenvalue weighted by Crippen LogP contribution is -2.33. The Labute approximate surface area is 146 Å². The van der Waals surface area contributed by atoms with Crippen LogP contribution >= 0.6 is 23.4 Å². The minimum absolute atomic E-state index is 0.00407. The fourth-order valence-corrected chi connectivity index (χ4v) is 2.99. The van der Waals surface area contributed by atoms with E-state index in [0.717, 1.165) is 10.5 Å². The summed E-state index contributed by atoms with van der Waals surface area (Å²) in [5.74, 6) is 0.714. The van der Waals surface area contributed by atoms with Crippen LogP contribution in [0.25, 0.3) is 0 Å². The summed E-state index contributed by atoms with van der Waals surface area (Å²) >= 11 is 7.58. The number of benzene rings is 2. The van der Waals surface area contributed by atoms with E-state index in [9.17, 15) is 4.79 Å². The van der Waals surface area contributed by atoms with Gasteiger partial charge in [-0.15, -0.1) is 11.8 Å². The highest BCUT2D eigenvalue weighted by Gasteiger charge is 2.13. The van der Waals surface area contributed by atoms with E-state index in [2.05, 4.69) is 5.32 Å². The van der Waals surface area contributed by atoms with E-state index < -0.39 is 0 Å². The van der Waals surface area contributed by atoms with Crippen molar-refractivity contribution in [1.82, 2.24) is 5.32 Å². The Morgan fingerprint density at radius 2 is 2.00 bits per heavy atom. The average Bonchev–Trinajstić information content (AvgIpc) is 2.55. The van der Waals surface area contributed by atoms with Gasteiger partial charge >= 0.3 is 0 Å². The summed E-state index contributed by atoms with van der Waals surface area (Å²) in [6.07, 6.45) is 0. The van der Waals surface area contributed by atoms with Crippen LogP contribution in [0.1, 0.15) is 12.5 Å². The maximum Gasteiger partial charge on any atom is 0.233 e. The first-order valence-electron chi connectivity index (χ1n) is 7.44. The van der Waals surface area contributed by atoms with Crippen molar-refractivity contribution >= 4 is 29.3 Å². The molecule has 2 aromatic carbocycles. The first-order valence-corrected chi connectivity index (χ1v) is 8.70. The van der Waals surface area contributed by atoms with Crippen LogP contribution in [0, 0.1) is 6.92 Å². The van der Waals surface area contributed by atoms with E-state index in [1.54, 1.807) is 6.07 Å². The van der Waals surface area contributed by atoms with Gasteiger partial charge in [0.15, 0.2) is 0 Å². The monoisotopic (exact) mass is 349 g/mol. The molecule has 2 aromatic rings. The number of carbonyl (C=O) groups is 1. The summed E-state index contributed by atoms with van der Waals surface area (Å²) < 4.78 is 5.58. The Bertz CT molecular complexity index is 649. The Kier molecular flexibility index (Phi) is 6.81. The van der Waals surface area contributed by atoms with Gasteiger partial charge in [-0.2, -0.15) is 0 Å². The Morgan fingerprint density at radius 3 is 2.70 bits per heavy atom. The third-order valence-electron chi connectivity index (χ3n) is 3.24. The van der Waals surface area contributed by atoms with Crippen LogP contribution in [0.3, 0.4) is 0 Å². The van der Waals surface area contributed by atoms with Gasteiger partial charge in [0.25, 0.3) is 0 Å². The van der Waals surface area contributed by atoms with Crippen LogP contribution in [0.5, 0.6) is 5.75 Å². The van der Waals surface area contributed by atoms with Crippen LogP contribution in [0.2, 0.25) is 5.02 Å². The average molecular weight is 350 g/mol. The van der Waals surface area contributed by atoms with Crippen LogP contribution in [-0.2, 0) is 4.79 Å². The second-order valence-electron chi connectivity index (χ2n) is 5.12. The van der Waals surface area contributed by atoms with Gasteiger partial charge in [0, 0.05) is 9.92 Å². The lowest BCUT2D eigenvalue weighted by Gasteiger charge is -2.12. The summed E-state index contributed by atoms with van der Waals surface area (Å²) in [4.78, 5) is 13.1. The summed E-state index contributed by atoms with van der Waals surface area (Å²) in [6, 6.07) is 15.5. The van der Waals surface area contributed by atoms with E-state index >= 15 is 0 Å². The van der Waals surface area contributed by atoms with Crippen molar-refractivity contribution in [2.24, 2.45) is 0 Å². The molecule has 1 amide bonds. The molecule has 0 saturated heterocycles. The molecule has 23 heavy (non-hydrogen) atoms. The minimum atomic E-state index is -0.147. The summed E-state index contributed by atoms with van der Waals surface area (Å²) in [6.45, 7) is 4.71. The highest BCUT2D eigenvalue weighted by molar-refractivity contribution is 8.00. The summed E-state index contributed by atoms with van der Waals surface area (Å²) in [5, 5.41) is 3.41. The Balaban J connectivity index is 1.71. The van der Waals surface area contributed by atoms with Crippen molar-refractivity contribution in [3.05, 3.63) is 59.1 Å². The highest BCUT2D eigenvalue weighted by Crippen LogP contribution is 2.23. The summed E-state index contributed by atoms with van der Waals surface area (Å²) in [5.41, 5.74) is 1.01. The normalized spacial score (nSPS) is 11.8. The second-order valence-corrected chi connectivity index (χ2v) is 6.95. The number of carbonyl (C=O) groups excluding carboxylic acids is 1. The molecule has 0 saturated carbocycles. The van der Waals surface area contributed by atoms with Crippen molar-refractivity contribution < 1.29 is 9.53 Å². The lowest BCUT2D eigenvalue weighted by atomic mass is 10.2. The van der Waals surface area contributed by atoms with E-state index in [1.165, 1.54) is 11.8 Å². The third kappa shape index (κ3) is 5.81. The van der Waals surface area contributed by atoms with Crippen molar-refractivity contribution in [2.45, 2.75) is 24.0 Å². The van der Waals surface area contributed by atoms with Crippen LogP contribution < -0.4 is 10.1 Å². The second kappa shape index (κ2) is 8.85. The SMILES string of the molecule is Cc1ccc(OCCNC(=O)[C@H](C)Sc2ccccc2)cc1Cl. The molecule has 0 aliphatic heterocycles. The summed E-state index contributed by atoms with van der Waals surface area (Å²) in [7, 11) is 0. The molecule has 122 valence electrons. The molecule has 2 rings (SSSR count). The Hall–Kier alpha value is -1.65. The van der Waals surface area contributed by atoms with Gasteiger partial charge in [-0.3, -0.25) is 4.79 Å². The zero-order valence-electron chi connectivity index (χ0n) is 13.2. The van der Waals surface area contributed by atoms with Gasteiger partial charge < -0.3 is 10.1 Å². The third-order valence-corrected chi connectivity index (χ3v) is 4.76. The van der Waals surface area contributed by atoms with Gasteiger partial charge in [0.2, 0.25) is 5.91 Å². The zero-order valence-corrected chi connectivity index (χ0v) is 14.8. The smallest absolute Gasteiger partial charge is 0.233 e. The van der Waals surface area contributed by atoms with Crippen molar-refractivity contribution in [3.8, 4) is 5.75 Å². The maximum absolute atomic E-state index is 12.0. The molecule has 0 aliphatic carbocycles. The molecule has 5 heteroatoms. The number of thioether (sulfide) groups is 1. The molecule has 1 N–H and O–H groups in total. The van der Waals surface area contributed by atoms with E-state index in [0.29, 0.717) is 23.9 Å². The number of rotatable bonds is 7. The van der Waals surface area contributed by atoms with Crippen LogP contribution in [0.4, 0.5) is 0 Å². The highest BCUT2D eigenvalue weighted by atomic mass is 35.5. The van der Waals surface area contributed by atoms with Gasteiger partial charge in [-0.1, -0.05) is 35.9 Å². The molecule has 0 fully saturated rings. The van der Waals surface area contributed by atoms with Gasteiger partial charge in [-0.05, 0) is 43.7 Å². The molecule has 0 heterocycles. The predicted molar refractivity (Wildman–Crippen MR) is 96.5 cm³/mol. The molecule has 0 aliphatic rings. The largest absolute Gasteiger partial charge is 0.492 e. The number of halogens is 1. The van der Waals surface area contributed by atoms with Crippen molar-refractivity contribution in [3.63, 3.8) is 0 Å². The predicted octanol–water partition coefficient (Wildman–Crippen LogP) is 4.32. The molecule has 0 spiro atoms. The topological polar surface area (TPSA) is 38.3 Å². The fourth-order valence-electron chi connectivity index (χ4n) is 1.91. The number of hydrogen-bond acceptors (Lipinski definition) is 3. The maximum atomic E-state index is 12.0. The Morgan fingerprint density at radius 1 is 1.26 bits per heavy atom. The van der Waals surface area contributed by atoms with Gasteiger partial charge in [-0.25, -0.2) is 0 Å². The molecule has 3 nitrogen and oxygen atoms in total. The van der Waals surface area contributed by atoms with Crippen LogP contribution in [-0.4, -0.2) is 24.3 Å². The number of nitrogens with one attached hydrogen (secondary N) is 1. The number of ether oxygens (including phenoxy) is 1. The molecule has 1 atom stereocenters. The minimum Gasteiger partial charge on any atom is -0.492 e. The standard InChI is InChI=1S/C18H20ClNO2S/c1-13-8-9-15(12-17(13)19)22-11-10-20-18(21)14(2)23-16-6-4-3-5-7-16/h3-9,12,14H,10-11H2,1-2H3,(H,20,21)/t14-/m0/s1. The van der Waals surface area contributed by atoms with Crippen molar-refractivity contribution in [2.75, 3.05) is 13.2 Å². The van der Waals surface area contributed by atoms with E-state index in [4.69, 9.17) is 16.3 Å². The zero-order chi connectivity index (χ0) is 16.7. The first kappa shape index (κ1) is 17.7. The van der Waals surface area contributed by atoms with E-state index in [-0.39, 0.29) is 11.2 Å². The molecular weight excluding hydrogens is 330 g/mol. The number of aryl methyl sites for hydroxylation is 1. The molecule has 0 aromatic heterocycles. The van der Waals surface area contributed by atoms with Crippen molar-refractivity contribution in [1.29, 1.82) is 0 Å². The lowest BCUT2D eigenvalue weighted by molar-refractivity contribution is -0.120. The quantitative estimate of drug-likeness (QED) is 0.597. The molecule has 0 bridgehead atoms. The molecule has 0 unspecified atom stereocenters. The molecule has 0 radical (unpaired) electrons. The first-order chi connectivity index (χ1) is 11.1. The van der Waals surface area contributed by atoms with Crippen LogP contribution in [0.15, 0.2) is 53.4 Å².